The number of carbonyl (C=O) groups excluding carboxylic acids is 1. The number of hydrogen-bond acceptors (Lipinski definition) is 7. The first kappa shape index (κ1) is 20.8. The van der Waals surface area contributed by atoms with Gasteiger partial charge >= 0.3 is 0 Å². The van der Waals surface area contributed by atoms with E-state index in [0.717, 1.165) is 41.1 Å². The SMILES string of the molecule is CCc1c(C)sc2nc(SCC(=O)NCCC#N)n(C[C@@H]3CCCO3)c(=O)c12. The molecule has 1 saturated heterocycles. The van der Waals surface area contributed by atoms with Crippen molar-refractivity contribution in [2.75, 3.05) is 18.9 Å². The highest BCUT2D eigenvalue weighted by molar-refractivity contribution is 7.99. The van der Waals surface area contributed by atoms with E-state index in [2.05, 4.69) is 5.32 Å². The predicted molar refractivity (Wildman–Crippen MR) is 111 cm³/mol. The number of fused-ring (bicyclic) bond motifs is 1. The second kappa shape index (κ2) is 9.54. The summed E-state index contributed by atoms with van der Waals surface area (Å²) in [7, 11) is 0. The van der Waals surface area contributed by atoms with Crippen LogP contribution in [-0.4, -0.2) is 40.5 Å². The van der Waals surface area contributed by atoms with Gasteiger partial charge in [-0.3, -0.25) is 14.2 Å². The van der Waals surface area contributed by atoms with Crippen LogP contribution in [0.1, 0.15) is 36.6 Å². The van der Waals surface area contributed by atoms with Crippen LogP contribution in [-0.2, 0) is 22.5 Å². The third-order valence-corrected chi connectivity index (χ3v) is 6.75. The minimum atomic E-state index is -0.171. The van der Waals surface area contributed by atoms with Crippen LogP contribution in [0.4, 0.5) is 0 Å². The number of hydrogen-bond donors (Lipinski definition) is 1. The average molecular weight is 421 g/mol. The summed E-state index contributed by atoms with van der Waals surface area (Å²) in [5.74, 6) is -0.0187. The van der Waals surface area contributed by atoms with Crippen LogP contribution in [0, 0.1) is 18.3 Å². The molecule has 2 aromatic heterocycles. The molecule has 0 saturated carbocycles. The molecule has 0 bridgehead atoms. The Balaban J connectivity index is 1.91. The van der Waals surface area contributed by atoms with E-state index in [-0.39, 0.29) is 29.7 Å². The topological polar surface area (TPSA) is 97.0 Å². The van der Waals surface area contributed by atoms with Crippen molar-refractivity contribution in [2.45, 2.75) is 57.3 Å². The fourth-order valence-electron chi connectivity index (χ4n) is 3.36. The molecule has 1 amide bonds. The highest BCUT2D eigenvalue weighted by atomic mass is 32.2. The Bertz CT molecular complexity index is 955. The third-order valence-electron chi connectivity index (χ3n) is 4.73. The highest BCUT2D eigenvalue weighted by Gasteiger charge is 2.23. The molecule has 0 radical (unpaired) electrons. The van der Waals surface area contributed by atoms with Gasteiger partial charge in [0, 0.05) is 18.0 Å². The molecule has 1 aliphatic rings. The molecular formula is C19H24N4O3S2. The Morgan fingerprint density at radius 1 is 1.54 bits per heavy atom. The minimum Gasteiger partial charge on any atom is -0.376 e. The lowest BCUT2D eigenvalue weighted by Crippen LogP contribution is -2.30. The van der Waals surface area contributed by atoms with E-state index in [4.69, 9.17) is 15.0 Å². The number of nitriles is 1. The molecule has 0 aromatic carbocycles. The Hall–Kier alpha value is -1.89. The first-order valence-corrected chi connectivity index (χ1v) is 11.3. The number of aryl methyl sites for hydroxylation is 2. The zero-order valence-corrected chi connectivity index (χ0v) is 17.8. The minimum absolute atomic E-state index is 0.00515. The van der Waals surface area contributed by atoms with Crippen LogP contribution in [0.15, 0.2) is 9.95 Å². The molecular weight excluding hydrogens is 396 g/mol. The number of nitrogens with zero attached hydrogens (tertiary/aromatic N) is 3. The molecule has 2 aromatic rings. The van der Waals surface area contributed by atoms with Gasteiger partial charge in [0.2, 0.25) is 5.91 Å². The van der Waals surface area contributed by atoms with Crippen molar-refractivity contribution in [3.05, 3.63) is 20.8 Å². The van der Waals surface area contributed by atoms with E-state index in [1.807, 2.05) is 19.9 Å². The summed E-state index contributed by atoms with van der Waals surface area (Å²) in [5.41, 5.74) is 1.01. The molecule has 1 fully saturated rings. The first-order chi connectivity index (χ1) is 13.5. The van der Waals surface area contributed by atoms with E-state index in [9.17, 15) is 9.59 Å². The summed E-state index contributed by atoms with van der Waals surface area (Å²) in [4.78, 5) is 31.9. The molecule has 7 nitrogen and oxygen atoms in total. The van der Waals surface area contributed by atoms with E-state index in [1.54, 1.807) is 4.57 Å². The lowest BCUT2D eigenvalue weighted by atomic mass is 10.1. The molecule has 3 rings (SSSR count). The van der Waals surface area contributed by atoms with Gasteiger partial charge in [0.15, 0.2) is 5.16 Å². The molecule has 0 spiro atoms. The van der Waals surface area contributed by atoms with Gasteiger partial charge < -0.3 is 10.1 Å². The lowest BCUT2D eigenvalue weighted by molar-refractivity contribution is -0.118. The number of nitrogens with one attached hydrogen (secondary N) is 1. The second-order valence-electron chi connectivity index (χ2n) is 6.66. The summed E-state index contributed by atoms with van der Waals surface area (Å²) in [6.07, 6.45) is 2.99. The molecule has 0 unspecified atom stereocenters. The smallest absolute Gasteiger partial charge is 0.263 e. The standard InChI is InChI=1S/C19H24N4O3S2/c1-3-14-12(2)28-17-16(14)18(25)23(10-13-6-4-9-26-13)19(22-17)27-11-15(24)21-8-5-7-20/h13H,3-6,8-11H2,1-2H3,(H,21,24)/t13-/m0/s1. The summed E-state index contributed by atoms with van der Waals surface area (Å²) in [5, 5.41) is 12.5. The fourth-order valence-corrected chi connectivity index (χ4v) is 5.35. The van der Waals surface area contributed by atoms with Crippen LogP contribution in [0.3, 0.4) is 0 Å². The Morgan fingerprint density at radius 3 is 3.04 bits per heavy atom. The molecule has 3 heterocycles. The normalized spacial score (nSPS) is 16.4. The van der Waals surface area contributed by atoms with Crippen LogP contribution in [0.2, 0.25) is 0 Å². The summed E-state index contributed by atoms with van der Waals surface area (Å²) >= 11 is 2.78. The van der Waals surface area contributed by atoms with Gasteiger partial charge in [-0.05, 0) is 31.7 Å². The highest BCUT2D eigenvalue weighted by Crippen LogP contribution is 2.30. The number of aromatic nitrogens is 2. The predicted octanol–water partition coefficient (Wildman–Crippen LogP) is 2.63. The summed E-state index contributed by atoms with van der Waals surface area (Å²) in [6, 6.07) is 2.00. The summed E-state index contributed by atoms with van der Waals surface area (Å²) in [6.45, 7) is 5.57. The second-order valence-corrected chi connectivity index (χ2v) is 8.81. The van der Waals surface area contributed by atoms with Gasteiger partial charge in [-0.15, -0.1) is 11.3 Å². The quantitative estimate of drug-likeness (QED) is 0.401. The Kier molecular flexibility index (Phi) is 7.10. The van der Waals surface area contributed by atoms with Crippen LogP contribution >= 0.6 is 23.1 Å². The fraction of sp³-hybridized carbons (Fsp3) is 0.579. The zero-order chi connectivity index (χ0) is 20.1. The van der Waals surface area contributed by atoms with Crippen LogP contribution in [0.25, 0.3) is 10.2 Å². The maximum Gasteiger partial charge on any atom is 0.263 e. The van der Waals surface area contributed by atoms with Crippen molar-refractivity contribution in [1.82, 2.24) is 14.9 Å². The number of thioether (sulfide) groups is 1. The van der Waals surface area contributed by atoms with Gasteiger partial charge in [0.25, 0.3) is 5.56 Å². The van der Waals surface area contributed by atoms with Crippen LogP contribution < -0.4 is 10.9 Å². The molecule has 150 valence electrons. The molecule has 28 heavy (non-hydrogen) atoms. The third kappa shape index (κ3) is 4.57. The van der Waals surface area contributed by atoms with Gasteiger partial charge in [-0.25, -0.2) is 4.98 Å². The van der Waals surface area contributed by atoms with Gasteiger partial charge in [0.05, 0.1) is 36.3 Å². The van der Waals surface area contributed by atoms with Crippen molar-refractivity contribution < 1.29 is 9.53 Å². The average Bonchev–Trinajstić information content (AvgIpc) is 3.29. The van der Waals surface area contributed by atoms with Crippen molar-refractivity contribution in [2.24, 2.45) is 0 Å². The van der Waals surface area contributed by atoms with Crippen molar-refractivity contribution in [3.8, 4) is 6.07 Å². The number of ether oxygens (including phenoxy) is 1. The Morgan fingerprint density at radius 2 is 2.36 bits per heavy atom. The first-order valence-electron chi connectivity index (χ1n) is 9.46. The van der Waals surface area contributed by atoms with Crippen molar-refractivity contribution in [1.29, 1.82) is 5.26 Å². The number of rotatable bonds is 8. The molecule has 0 aliphatic carbocycles. The number of thiophene rings is 1. The van der Waals surface area contributed by atoms with Gasteiger partial charge in [-0.2, -0.15) is 5.26 Å². The van der Waals surface area contributed by atoms with E-state index in [0.29, 0.717) is 23.6 Å². The molecule has 1 atom stereocenters. The van der Waals surface area contributed by atoms with Crippen molar-refractivity contribution in [3.63, 3.8) is 0 Å². The molecule has 1 aliphatic heterocycles. The number of carbonyl (C=O) groups is 1. The van der Waals surface area contributed by atoms with Crippen molar-refractivity contribution >= 4 is 39.2 Å². The lowest BCUT2D eigenvalue weighted by Gasteiger charge is -2.16. The van der Waals surface area contributed by atoms with Gasteiger partial charge in [-0.1, -0.05) is 18.7 Å². The van der Waals surface area contributed by atoms with Crippen LogP contribution in [0.5, 0.6) is 0 Å². The largest absolute Gasteiger partial charge is 0.376 e. The maximum absolute atomic E-state index is 13.3. The van der Waals surface area contributed by atoms with E-state index < -0.39 is 0 Å². The van der Waals surface area contributed by atoms with E-state index >= 15 is 0 Å². The molecule has 1 N–H and O–H groups in total. The number of amides is 1. The van der Waals surface area contributed by atoms with E-state index in [1.165, 1.54) is 23.1 Å². The van der Waals surface area contributed by atoms with Gasteiger partial charge in [0.1, 0.15) is 4.83 Å². The summed E-state index contributed by atoms with van der Waals surface area (Å²) < 4.78 is 7.41. The zero-order valence-electron chi connectivity index (χ0n) is 16.1. The molecule has 9 heteroatoms. The maximum atomic E-state index is 13.3. The monoisotopic (exact) mass is 420 g/mol. The Labute approximate surface area is 172 Å².